The molecule has 0 aliphatic carbocycles. The number of nitrogens with zero attached hydrogens (tertiary/aromatic N) is 2. The maximum atomic E-state index is 12.7. The number of amides is 1. The first-order valence-electron chi connectivity index (χ1n) is 9.37. The number of rotatable bonds is 7. The standard InChI is InChI=1S/C23H19N3O4/c27-21(24-14-19-12-7-13-29-19)16-30-23(28)20-15-26(18-10-5-2-6-11-18)25-22(20)17-8-3-1-4-9-17/h1-13,15H,14,16H2,(H,24,27). The second kappa shape index (κ2) is 8.91. The number of esters is 1. The van der Waals surface area contributed by atoms with Gasteiger partial charge in [0, 0.05) is 11.8 Å². The van der Waals surface area contributed by atoms with E-state index in [2.05, 4.69) is 10.4 Å². The van der Waals surface area contributed by atoms with Crippen LogP contribution in [0.2, 0.25) is 0 Å². The van der Waals surface area contributed by atoms with E-state index in [1.54, 1.807) is 23.0 Å². The van der Waals surface area contributed by atoms with Crippen molar-refractivity contribution in [3.63, 3.8) is 0 Å². The quantitative estimate of drug-likeness (QED) is 0.478. The van der Waals surface area contributed by atoms with Crippen LogP contribution in [0.3, 0.4) is 0 Å². The summed E-state index contributed by atoms with van der Waals surface area (Å²) in [7, 11) is 0. The van der Waals surface area contributed by atoms with E-state index in [1.807, 2.05) is 60.7 Å². The largest absolute Gasteiger partial charge is 0.467 e. The van der Waals surface area contributed by atoms with Crippen LogP contribution in [0, 0.1) is 0 Å². The molecule has 30 heavy (non-hydrogen) atoms. The predicted molar refractivity (Wildman–Crippen MR) is 110 cm³/mol. The maximum absolute atomic E-state index is 12.7. The van der Waals surface area contributed by atoms with Crippen LogP contribution in [-0.4, -0.2) is 28.3 Å². The second-order valence-electron chi connectivity index (χ2n) is 6.47. The number of hydrogen-bond donors (Lipinski definition) is 1. The summed E-state index contributed by atoms with van der Waals surface area (Å²) >= 11 is 0. The average molecular weight is 401 g/mol. The molecule has 7 heteroatoms. The van der Waals surface area contributed by atoms with Crippen LogP contribution in [0.25, 0.3) is 16.9 Å². The molecule has 0 spiro atoms. The molecule has 1 amide bonds. The Balaban J connectivity index is 1.50. The summed E-state index contributed by atoms with van der Waals surface area (Å²) in [5.74, 6) is -0.425. The van der Waals surface area contributed by atoms with Gasteiger partial charge >= 0.3 is 5.97 Å². The maximum Gasteiger partial charge on any atom is 0.342 e. The van der Waals surface area contributed by atoms with E-state index in [-0.39, 0.29) is 12.1 Å². The fourth-order valence-electron chi connectivity index (χ4n) is 2.90. The van der Waals surface area contributed by atoms with Gasteiger partial charge in [0.2, 0.25) is 0 Å². The third-order valence-corrected chi connectivity index (χ3v) is 4.38. The third kappa shape index (κ3) is 4.47. The van der Waals surface area contributed by atoms with Crippen molar-refractivity contribution in [3.8, 4) is 16.9 Å². The Kier molecular flexibility index (Phi) is 5.70. The van der Waals surface area contributed by atoms with Gasteiger partial charge < -0.3 is 14.5 Å². The van der Waals surface area contributed by atoms with E-state index < -0.39 is 18.5 Å². The minimum absolute atomic E-state index is 0.227. The Hall–Kier alpha value is -4.13. The van der Waals surface area contributed by atoms with Gasteiger partial charge in [-0.2, -0.15) is 5.10 Å². The van der Waals surface area contributed by atoms with Crippen LogP contribution in [-0.2, 0) is 16.1 Å². The number of furan rings is 1. The fraction of sp³-hybridized carbons (Fsp3) is 0.0870. The average Bonchev–Trinajstić information content (AvgIpc) is 3.47. The smallest absolute Gasteiger partial charge is 0.342 e. The van der Waals surface area contributed by atoms with Crippen LogP contribution in [0.1, 0.15) is 16.1 Å². The fourth-order valence-corrected chi connectivity index (χ4v) is 2.90. The van der Waals surface area contributed by atoms with Crippen molar-refractivity contribution >= 4 is 11.9 Å². The predicted octanol–water partition coefficient (Wildman–Crippen LogP) is 3.61. The van der Waals surface area contributed by atoms with Crippen LogP contribution >= 0.6 is 0 Å². The Morgan fingerprint density at radius 2 is 1.70 bits per heavy atom. The van der Waals surface area contributed by atoms with Gasteiger partial charge in [0.05, 0.1) is 18.5 Å². The molecule has 7 nitrogen and oxygen atoms in total. The lowest BCUT2D eigenvalue weighted by Gasteiger charge is -2.06. The minimum atomic E-state index is -0.621. The van der Waals surface area contributed by atoms with E-state index in [0.29, 0.717) is 11.5 Å². The number of aromatic nitrogens is 2. The normalized spacial score (nSPS) is 10.5. The summed E-state index contributed by atoms with van der Waals surface area (Å²) < 4.78 is 12.0. The Morgan fingerprint density at radius 1 is 0.967 bits per heavy atom. The van der Waals surface area contributed by atoms with Crippen molar-refractivity contribution in [3.05, 3.63) is 96.6 Å². The number of para-hydroxylation sites is 1. The summed E-state index contributed by atoms with van der Waals surface area (Å²) in [6.07, 6.45) is 3.14. The number of hydrogen-bond acceptors (Lipinski definition) is 5. The van der Waals surface area contributed by atoms with Gasteiger partial charge in [-0.05, 0) is 24.3 Å². The van der Waals surface area contributed by atoms with Crippen molar-refractivity contribution < 1.29 is 18.7 Å². The molecular formula is C23H19N3O4. The molecule has 0 saturated heterocycles. The number of benzene rings is 2. The molecule has 0 bridgehead atoms. The minimum Gasteiger partial charge on any atom is -0.467 e. The van der Waals surface area contributed by atoms with Crippen molar-refractivity contribution in [2.24, 2.45) is 0 Å². The van der Waals surface area contributed by atoms with E-state index >= 15 is 0 Å². The van der Waals surface area contributed by atoms with Crippen LogP contribution in [0.5, 0.6) is 0 Å². The molecule has 4 aromatic rings. The highest BCUT2D eigenvalue weighted by Gasteiger charge is 2.20. The molecule has 0 fully saturated rings. The highest BCUT2D eigenvalue weighted by atomic mass is 16.5. The zero-order valence-electron chi connectivity index (χ0n) is 16.0. The number of ether oxygens (including phenoxy) is 1. The molecule has 0 saturated carbocycles. The first kappa shape index (κ1) is 19.2. The van der Waals surface area contributed by atoms with Gasteiger partial charge in [0.25, 0.3) is 5.91 Å². The third-order valence-electron chi connectivity index (χ3n) is 4.38. The molecule has 2 aromatic carbocycles. The molecule has 0 unspecified atom stereocenters. The Morgan fingerprint density at radius 3 is 2.40 bits per heavy atom. The molecule has 4 rings (SSSR count). The lowest BCUT2D eigenvalue weighted by Crippen LogP contribution is -2.28. The summed E-state index contributed by atoms with van der Waals surface area (Å²) in [5, 5.41) is 7.21. The monoisotopic (exact) mass is 401 g/mol. The SMILES string of the molecule is O=C(COC(=O)c1cn(-c2ccccc2)nc1-c1ccccc1)NCc1ccco1. The molecule has 0 aliphatic rings. The molecule has 150 valence electrons. The van der Waals surface area contributed by atoms with Gasteiger partial charge in [-0.25, -0.2) is 9.48 Å². The molecule has 0 radical (unpaired) electrons. The van der Waals surface area contributed by atoms with E-state index in [9.17, 15) is 9.59 Å². The second-order valence-corrected chi connectivity index (χ2v) is 6.47. The highest BCUT2D eigenvalue weighted by Crippen LogP contribution is 2.24. The van der Waals surface area contributed by atoms with E-state index in [0.717, 1.165) is 11.3 Å². The van der Waals surface area contributed by atoms with Gasteiger partial charge in [-0.3, -0.25) is 4.79 Å². The van der Waals surface area contributed by atoms with Crippen molar-refractivity contribution in [2.45, 2.75) is 6.54 Å². The van der Waals surface area contributed by atoms with Gasteiger partial charge in [-0.15, -0.1) is 0 Å². The summed E-state index contributed by atoms with van der Waals surface area (Å²) in [5.41, 5.74) is 2.36. The summed E-state index contributed by atoms with van der Waals surface area (Å²) in [6, 6.07) is 22.3. The summed E-state index contributed by atoms with van der Waals surface area (Å²) in [4.78, 5) is 24.8. The number of carbonyl (C=O) groups is 2. The molecule has 0 atom stereocenters. The van der Waals surface area contributed by atoms with Gasteiger partial charge in [0.1, 0.15) is 17.0 Å². The van der Waals surface area contributed by atoms with Crippen molar-refractivity contribution in [1.29, 1.82) is 0 Å². The molecule has 1 N–H and O–H groups in total. The summed E-state index contributed by atoms with van der Waals surface area (Å²) in [6.45, 7) is -0.172. The van der Waals surface area contributed by atoms with Crippen LogP contribution in [0.4, 0.5) is 0 Å². The highest BCUT2D eigenvalue weighted by molar-refractivity contribution is 5.97. The van der Waals surface area contributed by atoms with Crippen molar-refractivity contribution in [2.75, 3.05) is 6.61 Å². The van der Waals surface area contributed by atoms with Crippen molar-refractivity contribution in [1.82, 2.24) is 15.1 Å². The molecular weight excluding hydrogens is 382 g/mol. The molecule has 2 heterocycles. The topological polar surface area (TPSA) is 86.4 Å². The van der Waals surface area contributed by atoms with Crippen LogP contribution in [0.15, 0.2) is 89.7 Å². The number of nitrogens with one attached hydrogen (secondary N) is 1. The first-order valence-corrected chi connectivity index (χ1v) is 9.37. The molecule has 0 aliphatic heterocycles. The van der Waals surface area contributed by atoms with E-state index in [1.165, 1.54) is 6.26 Å². The number of carbonyl (C=O) groups excluding carboxylic acids is 2. The Bertz CT molecular complexity index is 1120. The van der Waals surface area contributed by atoms with Gasteiger partial charge in [0.15, 0.2) is 6.61 Å². The lowest BCUT2D eigenvalue weighted by atomic mass is 10.1. The zero-order chi connectivity index (χ0) is 20.8. The zero-order valence-corrected chi connectivity index (χ0v) is 16.0. The Labute approximate surface area is 172 Å². The lowest BCUT2D eigenvalue weighted by molar-refractivity contribution is -0.124. The van der Waals surface area contributed by atoms with Crippen LogP contribution < -0.4 is 5.32 Å². The first-order chi connectivity index (χ1) is 14.7. The molecule has 2 aromatic heterocycles. The van der Waals surface area contributed by atoms with E-state index in [4.69, 9.17) is 9.15 Å². The van der Waals surface area contributed by atoms with Gasteiger partial charge in [-0.1, -0.05) is 48.5 Å².